The van der Waals surface area contributed by atoms with Crippen molar-refractivity contribution in [3.8, 4) is 5.75 Å². The van der Waals surface area contributed by atoms with Gasteiger partial charge in [0, 0.05) is 23.9 Å². The van der Waals surface area contributed by atoms with Gasteiger partial charge in [-0.1, -0.05) is 18.2 Å². The molecule has 0 aliphatic heterocycles. The second kappa shape index (κ2) is 7.73. The molecule has 3 N–H and O–H groups in total. The maximum atomic E-state index is 12.1. The lowest BCUT2D eigenvalue weighted by Gasteiger charge is -2.12. The molecule has 162 valence electrons. The molecular weight excluding hydrogens is 420 g/mol. The zero-order valence-corrected chi connectivity index (χ0v) is 17.7. The monoisotopic (exact) mass is 442 g/mol. The van der Waals surface area contributed by atoms with Crippen molar-refractivity contribution in [2.75, 3.05) is 12.9 Å². The lowest BCUT2D eigenvalue weighted by molar-refractivity contribution is -0.139. The van der Waals surface area contributed by atoms with E-state index in [-0.39, 0.29) is 4.90 Å². The molecule has 9 heteroatoms. The summed E-state index contributed by atoms with van der Waals surface area (Å²) in [6.07, 6.45) is 2.39. The summed E-state index contributed by atoms with van der Waals surface area (Å²) in [7, 11) is -3.28. The van der Waals surface area contributed by atoms with Crippen molar-refractivity contribution in [1.82, 2.24) is 4.57 Å². The lowest BCUT2D eigenvalue weighted by Crippen LogP contribution is -2.19. The van der Waals surface area contributed by atoms with Crippen LogP contribution in [-0.4, -0.2) is 42.8 Å². The Balaban J connectivity index is 1.83. The number of nitrogens with zero attached hydrogens (tertiary/aromatic N) is 1. The van der Waals surface area contributed by atoms with E-state index < -0.39 is 34.2 Å². The minimum absolute atomic E-state index is 0.247. The first-order chi connectivity index (χ1) is 14.7. The maximum absolute atomic E-state index is 12.1. The van der Waals surface area contributed by atoms with Crippen LogP contribution in [0.5, 0.6) is 5.75 Å². The molecule has 0 saturated carbocycles. The minimum atomic E-state index is -3.28. The first-order valence-corrected chi connectivity index (χ1v) is 11.6. The number of amides is 1. The van der Waals surface area contributed by atoms with Crippen molar-refractivity contribution in [3.63, 3.8) is 0 Å². The van der Waals surface area contributed by atoms with E-state index in [9.17, 15) is 18.0 Å². The third kappa shape index (κ3) is 3.88. The van der Waals surface area contributed by atoms with E-state index in [2.05, 4.69) is 4.57 Å². The van der Waals surface area contributed by atoms with Crippen LogP contribution in [0.25, 0.3) is 10.9 Å². The molecule has 1 aliphatic rings. The predicted octanol–water partition coefficient (Wildman–Crippen LogP) is 2.07. The third-order valence-corrected chi connectivity index (χ3v) is 6.73. The van der Waals surface area contributed by atoms with E-state index in [1.165, 1.54) is 0 Å². The molecule has 31 heavy (non-hydrogen) atoms. The topological polar surface area (TPSA) is 129 Å². The molecule has 1 atom stereocenters. The number of ether oxygens (including phenoxy) is 1. The molecule has 1 amide bonds. The molecule has 2 aromatic carbocycles. The van der Waals surface area contributed by atoms with Gasteiger partial charge in [-0.3, -0.25) is 4.79 Å². The van der Waals surface area contributed by atoms with Crippen LogP contribution >= 0.6 is 0 Å². The fourth-order valence-electron chi connectivity index (χ4n) is 4.27. The quantitative estimate of drug-likeness (QED) is 0.576. The number of rotatable bonds is 7. The summed E-state index contributed by atoms with van der Waals surface area (Å²) in [5.74, 6) is -1.59. The summed E-state index contributed by atoms with van der Waals surface area (Å²) in [5, 5.41) is 9.71. The Morgan fingerprint density at radius 3 is 2.52 bits per heavy atom. The molecule has 0 radical (unpaired) electrons. The number of aromatic nitrogens is 1. The zero-order chi connectivity index (χ0) is 22.3. The molecule has 0 spiro atoms. The smallest absolute Gasteiger partial charge is 0.341 e. The molecule has 1 aliphatic carbocycles. The number of primary amides is 1. The largest absolute Gasteiger partial charge is 0.481 e. The SMILES string of the molecule is CS(=O)(=O)c1ccc(Cn2c3c(c4c(OCC(=O)O)cccc42)C(C(N)=O)CC3)cc1. The number of carboxylic acid groups (broad SMARTS) is 1. The normalized spacial score (nSPS) is 15.7. The molecule has 1 aromatic heterocycles. The highest BCUT2D eigenvalue weighted by atomic mass is 32.2. The highest BCUT2D eigenvalue weighted by Gasteiger charge is 2.34. The number of fused-ring (bicyclic) bond motifs is 3. The van der Waals surface area contributed by atoms with Gasteiger partial charge in [0.15, 0.2) is 16.4 Å². The third-order valence-electron chi connectivity index (χ3n) is 5.61. The number of hydrogen-bond donors (Lipinski definition) is 2. The number of aliphatic carboxylic acids is 1. The molecule has 0 bridgehead atoms. The van der Waals surface area contributed by atoms with Gasteiger partial charge in [0.25, 0.3) is 0 Å². The van der Waals surface area contributed by atoms with Crippen molar-refractivity contribution in [2.24, 2.45) is 5.73 Å². The van der Waals surface area contributed by atoms with E-state index in [4.69, 9.17) is 15.6 Å². The van der Waals surface area contributed by atoms with Gasteiger partial charge in [-0.15, -0.1) is 0 Å². The zero-order valence-electron chi connectivity index (χ0n) is 16.9. The van der Waals surface area contributed by atoms with Crippen molar-refractivity contribution >= 4 is 32.6 Å². The molecule has 3 aromatic rings. The van der Waals surface area contributed by atoms with Crippen molar-refractivity contribution < 1.29 is 27.9 Å². The lowest BCUT2D eigenvalue weighted by atomic mass is 9.99. The van der Waals surface area contributed by atoms with Crippen LogP contribution in [0.1, 0.15) is 29.2 Å². The second-order valence-electron chi connectivity index (χ2n) is 7.69. The number of carbonyl (C=O) groups is 2. The molecular formula is C22H22N2O6S. The number of hydrogen-bond acceptors (Lipinski definition) is 5. The Morgan fingerprint density at radius 1 is 1.19 bits per heavy atom. The summed E-state index contributed by atoms with van der Waals surface area (Å²) in [4.78, 5) is 23.4. The van der Waals surface area contributed by atoms with E-state index in [1.807, 2.05) is 6.07 Å². The standard InChI is InChI=1S/C22H22N2O6S/c1-31(28,29)14-7-5-13(6-8-14)11-24-16-3-2-4-18(30-12-19(25)26)21(16)20-15(22(23)27)9-10-17(20)24/h2-8,15H,9-12H2,1H3,(H2,23,27)(H,25,26). The number of carbonyl (C=O) groups excluding carboxylic acids is 1. The predicted molar refractivity (Wildman–Crippen MR) is 114 cm³/mol. The van der Waals surface area contributed by atoms with Crippen LogP contribution in [0.4, 0.5) is 0 Å². The number of benzene rings is 2. The van der Waals surface area contributed by atoms with Crippen molar-refractivity contribution in [3.05, 3.63) is 59.3 Å². The number of nitrogens with two attached hydrogens (primary N) is 1. The van der Waals surface area contributed by atoms with Crippen LogP contribution < -0.4 is 10.5 Å². The number of sulfone groups is 1. The molecule has 0 saturated heterocycles. The summed E-state index contributed by atoms with van der Waals surface area (Å²) in [5.41, 5.74) is 9.11. The van der Waals surface area contributed by atoms with Crippen molar-refractivity contribution in [2.45, 2.75) is 30.2 Å². The average molecular weight is 442 g/mol. The van der Waals surface area contributed by atoms with E-state index in [0.717, 1.165) is 28.6 Å². The van der Waals surface area contributed by atoms with Gasteiger partial charge >= 0.3 is 5.97 Å². The second-order valence-corrected chi connectivity index (χ2v) is 9.70. The molecule has 1 unspecified atom stereocenters. The van der Waals surface area contributed by atoms with Gasteiger partial charge in [-0.2, -0.15) is 0 Å². The Labute approximate surface area is 179 Å². The Morgan fingerprint density at radius 2 is 1.90 bits per heavy atom. The van der Waals surface area contributed by atoms with E-state index in [0.29, 0.717) is 30.5 Å². The molecule has 4 rings (SSSR count). The summed E-state index contributed by atoms with van der Waals surface area (Å²) in [6.45, 7) is -0.0308. The first-order valence-electron chi connectivity index (χ1n) is 9.73. The van der Waals surface area contributed by atoms with Gasteiger partial charge in [-0.05, 0) is 48.2 Å². The first kappa shape index (κ1) is 20.9. The highest BCUT2D eigenvalue weighted by Crippen LogP contribution is 2.44. The highest BCUT2D eigenvalue weighted by molar-refractivity contribution is 7.90. The minimum Gasteiger partial charge on any atom is -0.481 e. The fourth-order valence-corrected chi connectivity index (χ4v) is 4.90. The van der Waals surface area contributed by atoms with Crippen LogP contribution in [0.15, 0.2) is 47.4 Å². The molecule has 1 heterocycles. The molecule has 0 fully saturated rings. The fraction of sp³-hybridized carbons (Fsp3) is 0.273. The summed E-state index contributed by atoms with van der Waals surface area (Å²) in [6, 6.07) is 12.0. The van der Waals surface area contributed by atoms with E-state index >= 15 is 0 Å². The summed E-state index contributed by atoms with van der Waals surface area (Å²) < 4.78 is 31.0. The van der Waals surface area contributed by atoms with Crippen LogP contribution in [0, 0.1) is 0 Å². The van der Waals surface area contributed by atoms with E-state index in [1.54, 1.807) is 36.4 Å². The average Bonchev–Trinajstić information content (AvgIpc) is 3.26. The Kier molecular flexibility index (Phi) is 5.22. The van der Waals surface area contributed by atoms with Gasteiger partial charge in [0.1, 0.15) is 5.75 Å². The Hall–Kier alpha value is -3.33. The van der Waals surface area contributed by atoms with Crippen LogP contribution in [0.2, 0.25) is 0 Å². The van der Waals surface area contributed by atoms with Gasteiger partial charge < -0.3 is 20.1 Å². The number of carboxylic acids is 1. The van der Waals surface area contributed by atoms with Crippen LogP contribution in [-0.2, 0) is 32.4 Å². The van der Waals surface area contributed by atoms with Crippen LogP contribution in [0.3, 0.4) is 0 Å². The van der Waals surface area contributed by atoms with Gasteiger partial charge in [0.2, 0.25) is 5.91 Å². The van der Waals surface area contributed by atoms with Gasteiger partial charge in [0.05, 0.1) is 16.3 Å². The maximum Gasteiger partial charge on any atom is 0.341 e. The summed E-state index contributed by atoms with van der Waals surface area (Å²) >= 11 is 0. The van der Waals surface area contributed by atoms with Crippen molar-refractivity contribution in [1.29, 1.82) is 0 Å². The Bertz CT molecular complexity index is 1290. The van der Waals surface area contributed by atoms with Gasteiger partial charge in [-0.25, -0.2) is 13.2 Å². The molecule has 8 nitrogen and oxygen atoms in total.